The quantitative estimate of drug-likeness (QED) is 0.316. The molecular formula is C17H21N3O3. The van der Waals surface area contributed by atoms with E-state index >= 15 is 0 Å². The molecule has 0 aliphatic heterocycles. The molecule has 122 valence electrons. The number of hydrogen-bond donors (Lipinski definition) is 2. The van der Waals surface area contributed by atoms with Gasteiger partial charge in [0.1, 0.15) is 11.6 Å². The minimum Gasteiger partial charge on any atom is -0.390 e. The topological polar surface area (TPSA) is 91.2 Å². The Morgan fingerprint density at radius 3 is 2.57 bits per heavy atom. The van der Waals surface area contributed by atoms with Crippen LogP contribution in [0.4, 0.5) is 5.69 Å². The van der Waals surface area contributed by atoms with Crippen LogP contribution in [0.5, 0.6) is 0 Å². The monoisotopic (exact) mass is 315 g/mol. The molecule has 1 amide bonds. The normalized spacial score (nSPS) is 10.7. The third kappa shape index (κ3) is 6.76. The predicted octanol–water partition coefficient (Wildman–Crippen LogP) is 2.25. The van der Waals surface area contributed by atoms with E-state index in [4.69, 9.17) is 10.00 Å². The van der Waals surface area contributed by atoms with Gasteiger partial charge in [0.05, 0.1) is 0 Å². The molecule has 0 radical (unpaired) electrons. The molecule has 1 aromatic rings. The number of nitriles is 1. The molecule has 0 bridgehead atoms. The molecule has 23 heavy (non-hydrogen) atoms. The maximum Gasteiger partial charge on any atom is 0.267 e. The largest absolute Gasteiger partial charge is 0.390 e. The first-order valence-electron chi connectivity index (χ1n) is 7.42. The van der Waals surface area contributed by atoms with Gasteiger partial charge in [-0.25, -0.2) is 0 Å². The van der Waals surface area contributed by atoms with Crippen LogP contribution in [0.1, 0.15) is 30.6 Å². The summed E-state index contributed by atoms with van der Waals surface area (Å²) < 4.78 is 5.19. The van der Waals surface area contributed by atoms with Crippen LogP contribution >= 0.6 is 0 Å². The maximum atomic E-state index is 12.0. The molecular weight excluding hydrogens is 294 g/mol. The predicted molar refractivity (Wildman–Crippen MR) is 87.9 cm³/mol. The zero-order valence-corrected chi connectivity index (χ0v) is 13.4. The van der Waals surface area contributed by atoms with Gasteiger partial charge >= 0.3 is 0 Å². The number of Topliss-reactive ketones (excluding diaryl/α,β-unsaturated/α-hetero) is 1. The van der Waals surface area contributed by atoms with E-state index < -0.39 is 5.91 Å². The standard InChI is InChI=1S/C17H21N3O3/c1-3-23-10-4-9-19-12-15(11-18)17(22)20-16-7-5-14(6-8-16)13(2)21/h5-8,12,19H,3-4,9-10H2,1-2H3,(H,20,22)/b15-12-. The van der Waals surface area contributed by atoms with Crippen LogP contribution in [0.3, 0.4) is 0 Å². The Balaban J connectivity index is 2.53. The molecule has 0 spiro atoms. The zero-order chi connectivity index (χ0) is 17.1. The molecule has 0 unspecified atom stereocenters. The molecule has 0 aromatic heterocycles. The van der Waals surface area contributed by atoms with E-state index in [1.807, 2.05) is 13.0 Å². The number of nitrogens with one attached hydrogen (secondary N) is 2. The van der Waals surface area contributed by atoms with Crippen LogP contribution in [0.15, 0.2) is 36.0 Å². The van der Waals surface area contributed by atoms with Gasteiger partial charge in [-0.05, 0) is 44.5 Å². The van der Waals surface area contributed by atoms with Gasteiger partial charge in [-0.2, -0.15) is 5.26 Å². The summed E-state index contributed by atoms with van der Waals surface area (Å²) in [5.41, 5.74) is 1.07. The molecule has 6 heteroatoms. The van der Waals surface area contributed by atoms with Gasteiger partial charge in [0.15, 0.2) is 5.78 Å². The van der Waals surface area contributed by atoms with Crippen molar-refractivity contribution in [3.8, 4) is 6.07 Å². The van der Waals surface area contributed by atoms with E-state index in [0.717, 1.165) is 6.42 Å². The Morgan fingerprint density at radius 1 is 1.30 bits per heavy atom. The number of benzene rings is 1. The van der Waals surface area contributed by atoms with Crippen LogP contribution in [0, 0.1) is 11.3 Å². The zero-order valence-electron chi connectivity index (χ0n) is 13.4. The van der Waals surface area contributed by atoms with Gasteiger partial charge in [-0.1, -0.05) is 0 Å². The number of anilines is 1. The number of rotatable bonds is 9. The molecule has 1 rings (SSSR count). The Hall–Kier alpha value is -2.65. The third-order valence-electron chi connectivity index (χ3n) is 2.97. The summed E-state index contributed by atoms with van der Waals surface area (Å²) in [6.45, 7) is 5.32. The fraction of sp³-hybridized carbons (Fsp3) is 0.353. The summed E-state index contributed by atoms with van der Waals surface area (Å²) in [7, 11) is 0. The van der Waals surface area contributed by atoms with Crippen molar-refractivity contribution in [1.29, 1.82) is 5.26 Å². The van der Waals surface area contributed by atoms with E-state index in [2.05, 4.69) is 10.6 Å². The van der Waals surface area contributed by atoms with Crippen molar-refractivity contribution in [3.05, 3.63) is 41.6 Å². The van der Waals surface area contributed by atoms with E-state index in [-0.39, 0.29) is 11.4 Å². The highest BCUT2D eigenvalue weighted by Gasteiger charge is 2.09. The van der Waals surface area contributed by atoms with Crippen molar-refractivity contribution >= 4 is 17.4 Å². The smallest absolute Gasteiger partial charge is 0.267 e. The Bertz CT molecular complexity index is 601. The van der Waals surface area contributed by atoms with Gasteiger partial charge in [0.2, 0.25) is 0 Å². The number of ether oxygens (including phenoxy) is 1. The van der Waals surface area contributed by atoms with Crippen LogP contribution in [-0.4, -0.2) is 31.4 Å². The lowest BCUT2D eigenvalue weighted by molar-refractivity contribution is -0.112. The number of carbonyl (C=O) groups excluding carboxylic acids is 2. The highest BCUT2D eigenvalue weighted by Crippen LogP contribution is 2.11. The van der Waals surface area contributed by atoms with E-state index in [9.17, 15) is 9.59 Å². The molecule has 1 aromatic carbocycles. The fourth-order valence-corrected chi connectivity index (χ4v) is 1.73. The lowest BCUT2D eigenvalue weighted by Gasteiger charge is -2.06. The summed E-state index contributed by atoms with van der Waals surface area (Å²) in [5.74, 6) is -0.544. The molecule has 0 aliphatic carbocycles. The maximum absolute atomic E-state index is 12.0. The first-order chi connectivity index (χ1) is 11.1. The Kier molecular flexibility index (Phi) is 8.11. The van der Waals surface area contributed by atoms with Crippen molar-refractivity contribution in [3.63, 3.8) is 0 Å². The summed E-state index contributed by atoms with van der Waals surface area (Å²) in [5, 5.41) is 14.6. The van der Waals surface area contributed by atoms with Gasteiger partial charge in [-0.15, -0.1) is 0 Å². The van der Waals surface area contributed by atoms with E-state index in [1.54, 1.807) is 24.3 Å². The number of carbonyl (C=O) groups is 2. The summed E-state index contributed by atoms with van der Waals surface area (Å²) in [6.07, 6.45) is 2.18. The second kappa shape index (κ2) is 10.1. The minimum atomic E-state index is -0.500. The van der Waals surface area contributed by atoms with Crippen LogP contribution < -0.4 is 10.6 Å². The Morgan fingerprint density at radius 2 is 2.00 bits per heavy atom. The van der Waals surface area contributed by atoms with Gasteiger partial charge in [0.25, 0.3) is 5.91 Å². The van der Waals surface area contributed by atoms with Crippen molar-refractivity contribution in [2.45, 2.75) is 20.3 Å². The second-order valence-electron chi connectivity index (χ2n) is 4.76. The molecule has 0 aliphatic rings. The van der Waals surface area contributed by atoms with Crippen LogP contribution in [0.2, 0.25) is 0 Å². The Labute approximate surface area is 136 Å². The number of amides is 1. The molecule has 0 atom stereocenters. The lowest BCUT2D eigenvalue weighted by atomic mass is 10.1. The summed E-state index contributed by atoms with van der Waals surface area (Å²) in [4.78, 5) is 23.2. The van der Waals surface area contributed by atoms with Crippen LogP contribution in [-0.2, 0) is 9.53 Å². The van der Waals surface area contributed by atoms with Crippen molar-refractivity contribution in [1.82, 2.24) is 5.32 Å². The van der Waals surface area contributed by atoms with Crippen molar-refractivity contribution < 1.29 is 14.3 Å². The highest BCUT2D eigenvalue weighted by atomic mass is 16.5. The summed E-state index contributed by atoms with van der Waals surface area (Å²) >= 11 is 0. The van der Waals surface area contributed by atoms with E-state index in [1.165, 1.54) is 13.1 Å². The first-order valence-corrected chi connectivity index (χ1v) is 7.42. The molecule has 2 N–H and O–H groups in total. The first kappa shape index (κ1) is 18.4. The molecule has 0 saturated carbocycles. The van der Waals surface area contributed by atoms with Gasteiger partial charge < -0.3 is 15.4 Å². The SMILES string of the molecule is CCOCCCN/C=C(/C#N)C(=O)Nc1ccc(C(C)=O)cc1. The molecule has 0 heterocycles. The number of ketones is 1. The number of hydrogen-bond acceptors (Lipinski definition) is 5. The minimum absolute atomic E-state index is 0.0166. The average molecular weight is 315 g/mol. The average Bonchev–Trinajstić information content (AvgIpc) is 2.54. The van der Waals surface area contributed by atoms with E-state index in [0.29, 0.717) is 31.0 Å². The highest BCUT2D eigenvalue weighted by molar-refractivity contribution is 6.06. The summed E-state index contributed by atoms with van der Waals surface area (Å²) in [6, 6.07) is 8.35. The van der Waals surface area contributed by atoms with Crippen molar-refractivity contribution in [2.75, 3.05) is 25.1 Å². The second-order valence-corrected chi connectivity index (χ2v) is 4.76. The molecule has 6 nitrogen and oxygen atoms in total. The molecule has 0 saturated heterocycles. The van der Waals surface area contributed by atoms with Gasteiger partial charge in [-0.3, -0.25) is 9.59 Å². The van der Waals surface area contributed by atoms with Crippen LogP contribution in [0.25, 0.3) is 0 Å². The van der Waals surface area contributed by atoms with Gasteiger partial charge in [0, 0.05) is 37.2 Å². The lowest BCUT2D eigenvalue weighted by Crippen LogP contribution is -2.17. The fourth-order valence-electron chi connectivity index (χ4n) is 1.73. The number of nitrogens with zero attached hydrogens (tertiary/aromatic N) is 1. The third-order valence-corrected chi connectivity index (χ3v) is 2.97. The van der Waals surface area contributed by atoms with Crippen molar-refractivity contribution in [2.24, 2.45) is 0 Å². The molecule has 0 fully saturated rings.